The van der Waals surface area contributed by atoms with E-state index in [1.54, 1.807) is 6.92 Å². The highest BCUT2D eigenvalue weighted by Crippen LogP contribution is 2.27. The van der Waals surface area contributed by atoms with Gasteiger partial charge >= 0.3 is 6.03 Å². The molecule has 2 rings (SSSR count). The monoisotopic (exact) mass is 314 g/mol. The Kier molecular flexibility index (Phi) is 4.92. The minimum absolute atomic E-state index is 0.0438. The van der Waals surface area contributed by atoms with Crippen LogP contribution >= 0.6 is 0 Å². The van der Waals surface area contributed by atoms with Gasteiger partial charge in [0.2, 0.25) is 0 Å². The highest BCUT2D eigenvalue weighted by atomic mass is 19.1. The lowest BCUT2D eigenvalue weighted by Gasteiger charge is -2.20. The Bertz CT molecular complexity index is 690. The van der Waals surface area contributed by atoms with Crippen LogP contribution in [0.2, 0.25) is 0 Å². The van der Waals surface area contributed by atoms with Crippen LogP contribution in [0.1, 0.15) is 19.8 Å². The van der Waals surface area contributed by atoms with Gasteiger partial charge in [0.25, 0.3) is 5.91 Å². The summed E-state index contributed by atoms with van der Waals surface area (Å²) in [4.78, 5) is 27.1. The molecule has 118 valence electrons. The topological polar surface area (TPSA) is 88.2 Å². The molecule has 0 N–H and O–H groups in total. The van der Waals surface area contributed by atoms with E-state index in [-0.39, 0.29) is 13.0 Å². The fourth-order valence-corrected chi connectivity index (χ4v) is 2.49. The number of rotatable bonds is 5. The summed E-state index contributed by atoms with van der Waals surface area (Å²) in [6, 6.07) is 7.99. The number of hydrogen-bond acceptors (Lipinski definition) is 4. The molecular weight excluding hydrogens is 299 g/mol. The van der Waals surface area contributed by atoms with Gasteiger partial charge in [0.1, 0.15) is 11.9 Å². The summed E-state index contributed by atoms with van der Waals surface area (Å²) in [6.45, 7) is 1.54. The van der Waals surface area contributed by atoms with Gasteiger partial charge in [0.05, 0.1) is 18.1 Å². The van der Waals surface area contributed by atoms with Crippen molar-refractivity contribution in [2.45, 2.75) is 25.8 Å². The number of amides is 3. The average molecular weight is 314 g/mol. The molecule has 0 unspecified atom stereocenters. The van der Waals surface area contributed by atoms with E-state index >= 15 is 0 Å². The second-order valence-electron chi connectivity index (χ2n) is 5.28. The minimum atomic E-state index is -0.719. The quantitative estimate of drug-likeness (QED) is 0.781. The zero-order valence-corrected chi connectivity index (χ0v) is 12.6. The smallest absolute Gasteiger partial charge is 0.282 e. The normalized spacial score (nSPS) is 18.7. The Labute approximate surface area is 133 Å². The largest absolute Gasteiger partial charge is 0.332 e. The van der Waals surface area contributed by atoms with Crippen LogP contribution in [0, 0.1) is 34.4 Å². The van der Waals surface area contributed by atoms with Crippen molar-refractivity contribution < 1.29 is 14.0 Å². The highest BCUT2D eigenvalue weighted by molar-refractivity contribution is 6.14. The fourth-order valence-electron chi connectivity index (χ4n) is 2.49. The molecule has 0 aliphatic carbocycles. The molecule has 3 amide bonds. The number of benzene rings is 1. The molecule has 6 nitrogen and oxygen atoms in total. The molecule has 2 atom stereocenters. The number of hydrogen-bond donors (Lipinski definition) is 0. The van der Waals surface area contributed by atoms with Crippen LogP contribution < -0.4 is 4.90 Å². The maximum absolute atomic E-state index is 13.0. The maximum atomic E-state index is 13.0. The molecule has 1 saturated heterocycles. The van der Waals surface area contributed by atoms with Gasteiger partial charge in [0.15, 0.2) is 0 Å². The summed E-state index contributed by atoms with van der Waals surface area (Å²) >= 11 is 0. The first-order valence-electron chi connectivity index (χ1n) is 7.16. The van der Waals surface area contributed by atoms with Crippen LogP contribution in [0.5, 0.6) is 0 Å². The first kappa shape index (κ1) is 16.4. The van der Waals surface area contributed by atoms with Gasteiger partial charge in [-0.25, -0.2) is 9.18 Å². The molecule has 0 aromatic heterocycles. The number of carbonyl (C=O) groups is 2. The number of urea groups is 1. The first-order valence-corrected chi connectivity index (χ1v) is 7.16. The van der Waals surface area contributed by atoms with E-state index in [9.17, 15) is 14.0 Å². The molecule has 23 heavy (non-hydrogen) atoms. The molecule has 1 fully saturated rings. The molecule has 1 aromatic carbocycles. The van der Waals surface area contributed by atoms with Crippen molar-refractivity contribution in [3.8, 4) is 12.1 Å². The zero-order chi connectivity index (χ0) is 17.0. The van der Waals surface area contributed by atoms with Crippen molar-refractivity contribution in [1.29, 1.82) is 10.5 Å². The number of carbonyl (C=O) groups excluding carboxylic acids is 2. The van der Waals surface area contributed by atoms with E-state index in [0.29, 0.717) is 12.1 Å². The number of nitriles is 2. The first-order chi connectivity index (χ1) is 11.0. The third-order valence-corrected chi connectivity index (χ3v) is 3.74. The maximum Gasteiger partial charge on any atom is 0.332 e. The Morgan fingerprint density at radius 2 is 1.91 bits per heavy atom. The van der Waals surface area contributed by atoms with E-state index < -0.39 is 29.7 Å². The van der Waals surface area contributed by atoms with Gasteiger partial charge < -0.3 is 0 Å². The average Bonchev–Trinajstić information content (AvgIpc) is 2.75. The Morgan fingerprint density at radius 1 is 1.26 bits per heavy atom. The summed E-state index contributed by atoms with van der Waals surface area (Å²) < 4.78 is 13.0. The van der Waals surface area contributed by atoms with Gasteiger partial charge in [0, 0.05) is 18.7 Å². The second kappa shape index (κ2) is 6.89. The Hall–Kier alpha value is -2.93. The molecule has 1 aliphatic heterocycles. The predicted molar refractivity (Wildman–Crippen MR) is 79.4 cm³/mol. The third kappa shape index (κ3) is 3.29. The Morgan fingerprint density at radius 3 is 2.48 bits per heavy atom. The number of halogens is 1. The van der Waals surface area contributed by atoms with E-state index in [0.717, 1.165) is 4.90 Å². The van der Waals surface area contributed by atoms with Crippen molar-refractivity contribution in [2.24, 2.45) is 5.92 Å². The van der Waals surface area contributed by atoms with Crippen LogP contribution in [0.4, 0.5) is 14.9 Å². The van der Waals surface area contributed by atoms with Gasteiger partial charge in [-0.05, 0) is 37.6 Å². The number of imide groups is 1. The van der Waals surface area contributed by atoms with Crippen molar-refractivity contribution in [1.82, 2.24) is 4.90 Å². The summed E-state index contributed by atoms with van der Waals surface area (Å²) in [5.74, 6) is -1.42. The summed E-state index contributed by atoms with van der Waals surface area (Å²) in [6.07, 6.45) is 0.487. The SMILES string of the molecule is C[C@@H]1C(=O)N(C[C@H](C#N)CCC#N)C(=O)N1c1ccc(F)cc1. The van der Waals surface area contributed by atoms with Gasteiger partial charge in [-0.1, -0.05) is 0 Å². The van der Waals surface area contributed by atoms with E-state index in [1.807, 2.05) is 12.1 Å². The van der Waals surface area contributed by atoms with Crippen LogP contribution in [-0.4, -0.2) is 29.4 Å². The zero-order valence-electron chi connectivity index (χ0n) is 12.6. The van der Waals surface area contributed by atoms with Crippen LogP contribution in [0.15, 0.2) is 24.3 Å². The number of anilines is 1. The number of nitrogens with zero attached hydrogens (tertiary/aromatic N) is 4. The molecule has 1 aromatic rings. The highest BCUT2D eigenvalue weighted by Gasteiger charge is 2.43. The second-order valence-corrected chi connectivity index (χ2v) is 5.28. The lowest BCUT2D eigenvalue weighted by Crippen LogP contribution is -2.36. The lowest BCUT2D eigenvalue weighted by molar-refractivity contribution is -0.127. The van der Waals surface area contributed by atoms with Gasteiger partial charge in [-0.15, -0.1) is 0 Å². The summed E-state index contributed by atoms with van der Waals surface area (Å²) in [5.41, 5.74) is 0.422. The van der Waals surface area contributed by atoms with Crippen molar-refractivity contribution in [3.05, 3.63) is 30.1 Å². The molecule has 7 heteroatoms. The van der Waals surface area contributed by atoms with Gasteiger partial charge in [-0.3, -0.25) is 14.6 Å². The van der Waals surface area contributed by atoms with Crippen molar-refractivity contribution >= 4 is 17.6 Å². The molecule has 0 radical (unpaired) electrons. The molecule has 0 saturated carbocycles. The fraction of sp³-hybridized carbons (Fsp3) is 0.375. The van der Waals surface area contributed by atoms with Crippen LogP contribution in [-0.2, 0) is 4.79 Å². The van der Waals surface area contributed by atoms with Gasteiger partial charge in [-0.2, -0.15) is 10.5 Å². The third-order valence-electron chi connectivity index (χ3n) is 3.74. The van der Waals surface area contributed by atoms with Crippen LogP contribution in [0.25, 0.3) is 0 Å². The van der Waals surface area contributed by atoms with E-state index in [1.165, 1.54) is 29.2 Å². The molecule has 0 bridgehead atoms. The summed E-state index contributed by atoms with van der Waals surface area (Å²) in [5, 5.41) is 17.7. The van der Waals surface area contributed by atoms with E-state index in [2.05, 4.69) is 0 Å². The molecule has 1 heterocycles. The van der Waals surface area contributed by atoms with Crippen molar-refractivity contribution in [3.63, 3.8) is 0 Å². The predicted octanol–water partition coefficient (Wildman–Crippen LogP) is 2.43. The lowest BCUT2D eigenvalue weighted by atomic mass is 10.1. The standard InChI is InChI=1S/C16H15FN4O2/c1-11-15(22)20(10-12(9-19)3-2-8-18)16(23)21(11)14-6-4-13(17)5-7-14/h4-7,11-12H,2-3,10H2,1H3/t11-,12+/m1/s1. The van der Waals surface area contributed by atoms with Crippen LogP contribution in [0.3, 0.4) is 0 Å². The van der Waals surface area contributed by atoms with E-state index in [4.69, 9.17) is 10.5 Å². The van der Waals surface area contributed by atoms with Crippen molar-refractivity contribution in [2.75, 3.05) is 11.4 Å². The minimum Gasteiger partial charge on any atom is -0.282 e. The molecule has 0 spiro atoms. The summed E-state index contributed by atoms with van der Waals surface area (Å²) in [7, 11) is 0. The Balaban J connectivity index is 2.19. The molecule has 1 aliphatic rings. The molecular formula is C16H15FN4O2.